The number of hydrogen-bond donors (Lipinski definition) is 1. The summed E-state index contributed by atoms with van der Waals surface area (Å²) in [6, 6.07) is 3.75. The lowest BCUT2D eigenvalue weighted by Crippen LogP contribution is -2.44. The van der Waals surface area contributed by atoms with E-state index in [9.17, 15) is 0 Å². The highest BCUT2D eigenvalue weighted by Crippen LogP contribution is 2.29. The Morgan fingerprint density at radius 3 is 2.74 bits per heavy atom. The first-order valence-corrected chi connectivity index (χ1v) is 6.67. The molecule has 2 aromatic rings. The second kappa shape index (κ2) is 5.19. The first kappa shape index (κ1) is 12.4. The van der Waals surface area contributed by atoms with Gasteiger partial charge in [0.2, 0.25) is 0 Å². The van der Waals surface area contributed by atoms with E-state index in [0.29, 0.717) is 10.8 Å². The molecule has 1 saturated heterocycles. The van der Waals surface area contributed by atoms with Crippen LogP contribution in [0.1, 0.15) is 5.69 Å². The Morgan fingerprint density at radius 2 is 2.11 bits per heavy atom. The molecule has 0 saturated carbocycles. The molecule has 0 aliphatic carbocycles. The summed E-state index contributed by atoms with van der Waals surface area (Å²) in [6.45, 7) is 5.65. The second-order valence-electron chi connectivity index (χ2n) is 4.60. The minimum absolute atomic E-state index is 0.647. The number of piperazine rings is 1. The van der Waals surface area contributed by atoms with E-state index in [1.807, 2.05) is 19.1 Å². The molecule has 0 atom stereocenters. The van der Waals surface area contributed by atoms with Crippen LogP contribution in [-0.4, -0.2) is 36.3 Å². The maximum atomic E-state index is 6.33. The van der Waals surface area contributed by atoms with Crippen molar-refractivity contribution in [1.82, 2.24) is 15.5 Å². The van der Waals surface area contributed by atoms with Gasteiger partial charge in [-0.1, -0.05) is 16.8 Å². The van der Waals surface area contributed by atoms with Crippen molar-refractivity contribution in [3.8, 4) is 11.3 Å². The molecule has 6 heteroatoms. The number of nitrogens with zero attached hydrogens (tertiary/aromatic N) is 3. The zero-order valence-electron chi connectivity index (χ0n) is 10.7. The number of pyridine rings is 1. The van der Waals surface area contributed by atoms with Crippen molar-refractivity contribution >= 4 is 17.4 Å². The van der Waals surface area contributed by atoms with E-state index in [2.05, 4.69) is 20.4 Å². The van der Waals surface area contributed by atoms with Crippen molar-refractivity contribution in [1.29, 1.82) is 0 Å². The van der Waals surface area contributed by atoms with Gasteiger partial charge in [-0.2, -0.15) is 0 Å². The van der Waals surface area contributed by atoms with Gasteiger partial charge in [-0.05, 0) is 13.0 Å². The summed E-state index contributed by atoms with van der Waals surface area (Å²) in [5.41, 5.74) is 1.70. The topological polar surface area (TPSA) is 54.2 Å². The number of rotatable bonds is 2. The van der Waals surface area contributed by atoms with E-state index in [1.165, 1.54) is 0 Å². The van der Waals surface area contributed by atoms with Gasteiger partial charge in [0, 0.05) is 44.0 Å². The quantitative estimate of drug-likeness (QED) is 0.912. The van der Waals surface area contributed by atoms with Crippen molar-refractivity contribution in [3.05, 3.63) is 29.0 Å². The molecule has 19 heavy (non-hydrogen) atoms. The van der Waals surface area contributed by atoms with Crippen LogP contribution in [0.2, 0.25) is 5.02 Å². The summed E-state index contributed by atoms with van der Waals surface area (Å²) >= 11 is 6.33. The van der Waals surface area contributed by atoms with Gasteiger partial charge in [0.25, 0.3) is 0 Å². The van der Waals surface area contributed by atoms with Gasteiger partial charge in [0.1, 0.15) is 5.82 Å². The molecule has 1 N–H and O–H groups in total. The van der Waals surface area contributed by atoms with Gasteiger partial charge in [-0.15, -0.1) is 0 Å². The normalized spacial score (nSPS) is 15.8. The lowest BCUT2D eigenvalue weighted by molar-refractivity contribution is 0.427. The molecular formula is C13H15ClN4O. The Kier molecular flexibility index (Phi) is 3.40. The number of halogens is 1. The van der Waals surface area contributed by atoms with Crippen LogP contribution in [0.4, 0.5) is 5.82 Å². The molecule has 100 valence electrons. The van der Waals surface area contributed by atoms with Crippen LogP contribution in [0.3, 0.4) is 0 Å². The highest BCUT2D eigenvalue weighted by molar-refractivity contribution is 6.33. The van der Waals surface area contributed by atoms with E-state index < -0.39 is 0 Å². The Labute approximate surface area is 116 Å². The average Bonchev–Trinajstić information content (AvgIpc) is 2.86. The fourth-order valence-corrected chi connectivity index (χ4v) is 2.46. The van der Waals surface area contributed by atoms with Crippen LogP contribution in [0, 0.1) is 6.92 Å². The van der Waals surface area contributed by atoms with Crippen LogP contribution in [0.5, 0.6) is 0 Å². The molecule has 0 bridgehead atoms. The SMILES string of the molecule is Cc1cc(-c2cnc(N3CCNCC3)c(Cl)c2)on1. The van der Waals surface area contributed by atoms with E-state index in [-0.39, 0.29) is 0 Å². The Morgan fingerprint density at radius 1 is 1.32 bits per heavy atom. The lowest BCUT2D eigenvalue weighted by Gasteiger charge is -2.29. The highest BCUT2D eigenvalue weighted by atomic mass is 35.5. The number of aryl methyl sites for hydroxylation is 1. The summed E-state index contributed by atoms with van der Waals surface area (Å²) in [5, 5.41) is 7.83. The van der Waals surface area contributed by atoms with Crippen LogP contribution >= 0.6 is 11.6 Å². The Bertz CT molecular complexity index is 578. The fourth-order valence-electron chi connectivity index (χ4n) is 2.17. The second-order valence-corrected chi connectivity index (χ2v) is 5.01. The van der Waals surface area contributed by atoms with Crippen molar-refractivity contribution < 1.29 is 4.52 Å². The van der Waals surface area contributed by atoms with Gasteiger partial charge in [0.15, 0.2) is 5.76 Å². The maximum Gasteiger partial charge on any atom is 0.168 e. The molecule has 0 amide bonds. The van der Waals surface area contributed by atoms with Crippen LogP contribution in [-0.2, 0) is 0 Å². The Hall–Kier alpha value is -1.59. The number of aromatic nitrogens is 2. The first-order valence-electron chi connectivity index (χ1n) is 6.29. The molecule has 1 aliphatic heterocycles. The largest absolute Gasteiger partial charge is 0.356 e. The number of hydrogen-bond acceptors (Lipinski definition) is 5. The zero-order chi connectivity index (χ0) is 13.2. The molecule has 0 unspecified atom stereocenters. The van der Waals surface area contributed by atoms with E-state index in [0.717, 1.165) is 43.3 Å². The molecule has 1 aliphatic rings. The molecule has 3 heterocycles. The minimum Gasteiger partial charge on any atom is -0.356 e. The molecule has 1 fully saturated rings. The molecule has 0 spiro atoms. The molecule has 3 rings (SSSR count). The minimum atomic E-state index is 0.647. The smallest absolute Gasteiger partial charge is 0.168 e. The third-order valence-electron chi connectivity index (χ3n) is 3.15. The van der Waals surface area contributed by atoms with Gasteiger partial charge < -0.3 is 14.7 Å². The maximum absolute atomic E-state index is 6.33. The third-order valence-corrected chi connectivity index (χ3v) is 3.43. The van der Waals surface area contributed by atoms with Gasteiger partial charge in [0.05, 0.1) is 10.7 Å². The summed E-state index contributed by atoms with van der Waals surface area (Å²) < 4.78 is 5.22. The van der Waals surface area contributed by atoms with Gasteiger partial charge in [-0.25, -0.2) is 4.98 Å². The standard InChI is InChI=1S/C13H15ClN4O/c1-9-6-12(19-17-9)10-7-11(14)13(16-8-10)18-4-2-15-3-5-18/h6-8,15H,2-5H2,1H3. The predicted molar refractivity (Wildman–Crippen MR) is 74.6 cm³/mol. The number of anilines is 1. The first-order chi connectivity index (χ1) is 9.24. The van der Waals surface area contributed by atoms with Gasteiger partial charge >= 0.3 is 0 Å². The van der Waals surface area contributed by atoms with Crippen LogP contribution in [0.15, 0.2) is 22.9 Å². The Balaban J connectivity index is 1.89. The molecule has 2 aromatic heterocycles. The van der Waals surface area contributed by atoms with Crippen molar-refractivity contribution in [2.45, 2.75) is 6.92 Å². The van der Waals surface area contributed by atoms with E-state index in [1.54, 1.807) is 6.20 Å². The highest BCUT2D eigenvalue weighted by Gasteiger charge is 2.16. The average molecular weight is 279 g/mol. The molecule has 5 nitrogen and oxygen atoms in total. The lowest BCUT2D eigenvalue weighted by atomic mass is 10.2. The molecular weight excluding hydrogens is 264 g/mol. The third kappa shape index (κ3) is 2.57. The van der Waals surface area contributed by atoms with Gasteiger partial charge in [-0.3, -0.25) is 0 Å². The van der Waals surface area contributed by atoms with Crippen LogP contribution < -0.4 is 10.2 Å². The van der Waals surface area contributed by atoms with E-state index >= 15 is 0 Å². The fraction of sp³-hybridized carbons (Fsp3) is 0.385. The summed E-state index contributed by atoms with van der Waals surface area (Å²) in [4.78, 5) is 6.65. The van der Waals surface area contributed by atoms with Crippen molar-refractivity contribution in [3.63, 3.8) is 0 Å². The number of nitrogens with one attached hydrogen (secondary N) is 1. The van der Waals surface area contributed by atoms with E-state index in [4.69, 9.17) is 16.1 Å². The van der Waals surface area contributed by atoms with Crippen LogP contribution in [0.25, 0.3) is 11.3 Å². The van der Waals surface area contributed by atoms with Crippen molar-refractivity contribution in [2.75, 3.05) is 31.1 Å². The predicted octanol–water partition coefficient (Wildman–Crippen LogP) is 2.11. The zero-order valence-corrected chi connectivity index (χ0v) is 11.4. The summed E-state index contributed by atoms with van der Waals surface area (Å²) in [6.07, 6.45) is 1.78. The van der Waals surface area contributed by atoms with Crippen molar-refractivity contribution in [2.24, 2.45) is 0 Å². The molecule has 0 radical (unpaired) electrons. The monoisotopic (exact) mass is 278 g/mol. The molecule has 0 aromatic carbocycles. The summed E-state index contributed by atoms with van der Waals surface area (Å²) in [5.74, 6) is 1.53. The summed E-state index contributed by atoms with van der Waals surface area (Å²) in [7, 11) is 0.